The van der Waals surface area contributed by atoms with Crippen molar-refractivity contribution in [2.75, 3.05) is 11.2 Å². The number of hydrogen-bond donors (Lipinski definition) is 2. The minimum Gasteiger partial charge on any atom is -0.335 e. The lowest BCUT2D eigenvalue weighted by Crippen LogP contribution is -2.23. The van der Waals surface area contributed by atoms with Crippen LogP contribution in [0.5, 0.6) is 0 Å². The van der Waals surface area contributed by atoms with Crippen molar-refractivity contribution in [2.24, 2.45) is 0 Å². The van der Waals surface area contributed by atoms with Gasteiger partial charge in [0.1, 0.15) is 0 Å². The van der Waals surface area contributed by atoms with Crippen molar-refractivity contribution in [1.82, 2.24) is 14.9 Å². The first-order valence-electron chi connectivity index (χ1n) is 9.04. The van der Waals surface area contributed by atoms with Crippen LogP contribution in [0.2, 0.25) is 10.0 Å². The molecule has 1 amide bonds. The molecule has 0 aliphatic carbocycles. The molecule has 6 nitrogen and oxygen atoms in total. The van der Waals surface area contributed by atoms with Crippen LogP contribution in [0.1, 0.15) is 6.92 Å². The number of aromatic nitrogens is 3. The lowest BCUT2D eigenvalue weighted by molar-refractivity contribution is -0.115. The Kier molecular flexibility index (Phi) is 5.85. The van der Waals surface area contributed by atoms with Crippen molar-refractivity contribution < 1.29 is 4.79 Å². The maximum atomic E-state index is 12.7. The average Bonchev–Trinajstić information content (AvgIpc) is 3.08. The van der Waals surface area contributed by atoms with Crippen LogP contribution in [0.4, 0.5) is 5.69 Å². The van der Waals surface area contributed by atoms with E-state index < -0.39 is 5.25 Å². The molecule has 30 heavy (non-hydrogen) atoms. The molecule has 0 fully saturated rings. The van der Waals surface area contributed by atoms with Gasteiger partial charge in [0.05, 0.1) is 10.3 Å². The summed E-state index contributed by atoms with van der Waals surface area (Å²) in [5.74, 6) is 6.38. The van der Waals surface area contributed by atoms with Gasteiger partial charge in [0.25, 0.3) is 0 Å². The van der Waals surface area contributed by atoms with E-state index in [9.17, 15) is 4.79 Å². The van der Waals surface area contributed by atoms with E-state index in [2.05, 4.69) is 15.5 Å². The van der Waals surface area contributed by atoms with Crippen LogP contribution in [0.3, 0.4) is 0 Å². The molecule has 152 valence electrons. The fraction of sp³-hybridized carbons (Fsp3) is 0.0952. The van der Waals surface area contributed by atoms with E-state index in [0.29, 0.717) is 26.6 Å². The molecule has 4 rings (SSSR count). The largest absolute Gasteiger partial charge is 0.335 e. The standard InChI is InChI=1S/C21H17Cl2N5OS/c1-12(20(29)25-16-8-6-13-4-2-3-5-14(13)10-16)30-21-27-26-19(28(21)24)17-9-7-15(22)11-18(17)23/h2-12H,24H2,1H3,(H,25,29). The summed E-state index contributed by atoms with van der Waals surface area (Å²) in [4.78, 5) is 12.7. The Morgan fingerprint density at radius 2 is 1.83 bits per heavy atom. The quantitative estimate of drug-likeness (QED) is 0.316. The SMILES string of the molecule is CC(Sc1nnc(-c2ccc(Cl)cc2Cl)n1N)C(=O)Nc1ccc2ccccc2c1. The summed E-state index contributed by atoms with van der Waals surface area (Å²) < 4.78 is 1.32. The Morgan fingerprint density at radius 1 is 1.07 bits per heavy atom. The van der Waals surface area contributed by atoms with Gasteiger partial charge in [0.15, 0.2) is 5.82 Å². The van der Waals surface area contributed by atoms with Gasteiger partial charge in [-0.2, -0.15) is 0 Å². The van der Waals surface area contributed by atoms with Crippen LogP contribution in [-0.4, -0.2) is 26.0 Å². The maximum absolute atomic E-state index is 12.7. The second kappa shape index (κ2) is 8.55. The summed E-state index contributed by atoms with van der Waals surface area (Å²) in [7, 11) is 0. The van der Waals surface area contributed by atoms with E-state index in [1.54, 1.807) is 25.1 Å². The number of amides is 1. The second-order valence-electron chi connectivity index (χ2n) is 6.61. The van der Waals surface area contributed by atoms with E-state index in [0.717, 1.165) is 16.5 Å². The summed E-state index contributed by atoms with van der Waals surface area (Å²) >= 11 is 13.4. The van der Waals surface area contributed by atoms with Crippen molar-refractivity contribution in [3.8, 4) is 11.4 Å². The molecule has 3 aromatic carbocycles. The Hall–Kier alpha value is -2.74. The van der Waals surface area contributed by atoms with E-state index in [1.807, 2.05) is 42.5 Å². The Morgan fingerprint density at radius 3 is 2.60 bits per heavy atom. The Bertz CT molecular complexity index is 1240. The first-order chi connectivity index (χ1) is 14.4. The number of benzene rings is 3. The number of fused-ring (bicyclic) bond motifs is 1. The number of nitrogen functional groups attached to an aromatic ring is 1. The second-order valence-corrected chi connectivity index (χ2v) is 8.76. The number of hydrogen-bond acceptors (Lipinski definition) is 5. The van der Waals surface area contributed by atoms with E-state index >= 15 is 0 Å². The third kappa shape index (κ3) is 4.23. The number of rotatable bonds is 5. The summed E-state index contributed by atoms with van der Waals surface area (Å²) in [6, 6.07) is 18.8. The number of halogens is 2. The Labute approximate surface area is 187 Å². The lowest BCUT2D eigenvalue weighted by atomic mass is 10.1. The van der Waals surface area contributed by atoms with Crippen LogP contribution in [0.15, 0.2) is 65.8 Å². The van der Waals surface area contributed by atoms with Crippen molar-refractivity contribution in [3.63, 3.8) is 0 Å². The molecule has 0 radical (unpaired) electrons. The number of thioether (sulfide) groups is 1. The van der Waals surface area contributed by atoms with Gasteiger partial charge in [-0.05, 0) is 48.0 Å². The molecule has 0 saturated heterocycles. The number of carbonyl (C=O) groups excluding carboxylic acids is 1. The summed E-state index contributed by atoms with van der Waals surface area (Å²) in [6.45, 7) is 1.78. The predicted molar refractivity (Wildman–Crippen MR) is 124 cm³/mol. The molecule has 0 aliphatic rings. The summed E-state index contributed by atoms with van der Waals surface area (Å²) in [5.41, 5.74) is 1.34. The predicted octanol–water partition coefficient (Wildman–Crippen LogP) is 5.24. The van der Waals surface area contributed by atoms with Gasteiger partial charge >= 0.3 is 0 Å². The van der Waals surface area contributed by atoms with Crippen LogP contribution >= 0.6 is 35.0 Å². The van der Waals surface area contributed by atoms with Gasteiger partial charge in [0, 0.05) is 16.3 Å². The zero-order valence-corrected chi connectivity index (χ0v) is 18.2. The molecule has 9 heteroatoms. The highest BCUT2D eigenvalue weighted by atomic mass is 35.5. The highest BCUT2D eigenvalue weighted by Gasteiger charge is 2.21. The highest BCUT2D eigenvalue weighted by molar-refractivity contribution is 8.00. The summed E-state index contributed by atoms with van der Waals surface area (Å²) in [6.07, 6.45) is 0. The molecule has 0 saturated carbocycles. The Balaban J connectivity index is 1.48. The zero-order valence-electron chi connectivity index (χ0n) is 15.8. The molecule has 1 aromatic heterocycles. The van der Waals surface area contributed by atoms with Crippen molar-refractivity contribution in [3.05, 3.63) is 70.7 Å². The molecule has 0 spiro atoms. The number of nitrogens with zero attached hydrogens (tertiary/aromatic N) is 3. The fourth-order valence-electron chi connectivity index (χ4n) is 2.93. The minimum atomic E-state index is -0.448. The van der Waals surface area contributed by atoms with Crippen LogP contribution in [0, 0.1) is 0 Å². The van der Waals surface area contributed by atoms with Gasteiger partial charge in [-0.3, -0.25) is 4.79 Å². The van der Waals surface area contributed by atoms with Crippen molar-refractivity contribution >= 4 is 57.3 Å². The molecular formula is C21H17Cl2N5OS. The highest BCUT2D eigenvalue weighted by Crippen LogP contribution is 2.31. The number of carbonyl (C=O) groups is 1. The van der Waals surface area contributed by atoms with E-state index in [4.69, 9.17) is 29.0 Å². The van der Waals surface area contributed by atoms with E-state index in [-0.39, 0.29) is 5.91 Å². The topological polar surface area (TPSA) is 85.8 Å². The number of anilines is 1. The summed E-state index contributed by atoms with van der Waals surface area (Å²) in [5, 5.41) is 14.2. The van der Waals surface area contributed by atoms with Gasteiger partial charge in [0.2, 0.25) is 11.1 Å². The van der Waals surface area contributed by atoms with Crippen molar-refractivity contribution in [1.29, 1.82) is 0 Å². The molecule has 4 aromatic rings. The van der Waals surface area contributed by atoms with Gasteiger partial charge in [-0.15, -0.1) is 10.2 Å². The minimum absolute atomic E-state index is 0.163. The first kappa shape index (κ1) is 20.5. The lowest BCUT2D eigenvalue weighted by Gasteiger charge is -2.12. The van der Waals surface area contributed by atoms with Gasteiger partial charge in [-0.25, -0.2) is 4.68 Å². The maximum Gasteiger partial charge on any atom is 0.237 e. The fourth-order valence-corrected chi connectivity index (χ4v) is 4.20. The third-order valence-corrected chi connectivity index (χ3v) is 6.11. The number of nitrogens with two attached hydrogens (primary N) is 1. The van der Waals surface area contributed by atoms with E-state index in [1.165, 1.54) is 16.4 Å². The van der Waals surface area contributed by atoms with Crippen LogP contribution in [-0.2, 0) is 4.79 Å². The molecule has 1 atom stereocenters. The molecular weight excluding hydrogens is 441 g/mol. The van der Waals surface area contributed by atoms with Gasteiger partial charge < -0.3 is 11.2 Å². The molecule has 1 heterocycles. The first-order valence-corrected chi connectivity index (χ1v) is 10.7. The molecule has 0 aliphatic heterocycles. The molecule has 0 bridgehead atoms. The average molecular weight is 458 g/mol. The molecule has 3 N–H and O–H groups in total. The monoisotopic (exact) mass is 457 g/mol. The smallest absolute Gasteiger partial charge is 0.237 e. The third-order valence-electron chi connectivity index (χ3n) is 4.50. The van der Waals surface area contributed by atoms with Gasteiger partial charge in [-0.1, -0.05) is 65.3 Å². The normalized spacial score (nSPS) is 12.1. The van der Waals surface area contributed by atoms with Crippen LogP contribution in [0.25, 0.3) is 22.2 Å². The zero-order chi connectivity index (χ0) is 21.3. The van der Waals surface area contributed by atoms with Crippen LogP contribution < -0.4 is 11.2 Å². The molecule has 1 unspecified atom stereocenters. The number of nitrogens with one attached hydrogen (secondary N) is 1. The van der Waals surface area contributed by atoms with Crippen molar-refractivity contribution in [2.45, 2.75) is 17.3 Å².